The second-order valence-electron chi connectivity index (χ2n) is 6.17. The Morgan fingerprint density at radius 2 is 1.91 bits per heavy atom. The molecule has 1 atom stereocenters. The fourth-order valence-corrected chi connectivity index (χ4v) is 4.30. The number of sulfone groups is 1. The lowest BCUT2D eigenvalue weighted by molar-refractivity contribution is -0.123. The number of hydrogen-bond donors (Lipinski definition) is 2. The van der Waals surface area contributed by atoms with E-state index in [0.29, 0.717) is 0 Å². The molecule has 0 aromatic heterocycles. The Kier molecular flexibility index (Phi) is 4.92. The molecule has 1 heterocycles. The minimum atomic E-state index is -3.03. The third-order valence-electron chi connectivity index (χ3n) is 4.40. The van der Waals surface area contributed by atoms with E-state index in [-0.39, 0.29) is 42.7 Å². The molecule has 5 nitrogen and oxygen atoms in total. The van der Waals surface area contributed by atoms with Crippen LogP contribution in [0.3, 0.4) is 0 Å². The first kappa shape index (κ1) is 17.0. The van der Waals surface area contributed by atoms with Gasteiger partial charge in [0.15, 0.2) is 9.84 Å². The summed E-state index contributed by atoms with van der Waals surface area (Å²) in [4.78, 5) is 12.3. The summed E-state index contributed by atoms with van der Waals surface area (Å²) in [7, 11) is -3.03. The molecular weight excluding hydrogens is 302 g/mol. The molecule has 1 aromatic carbocycles. The number of carbonyl (C=O) groups is 1. The van der Waals surface area contributed by atoms with Gasteiger partial charge in [-0.25, -0.2) is 8.42 Å². The molecule has 0 bridgehead atoms. The normalized spacial score (nSPS) is 21.0. The van der Waals surface area contributed by atoms with Crippen LogP contribution in [0, 0.1) is 6.92 Å². The number of hydrogen-bond acceptors (Lipinski definition) is 4. The summed E-state index contributed by atoms with van der Waals surface area (Å²) in [5.74, 6) is -0.507. The topological polar surface area (TPSA) is 83.5 Å². The lowest BCUT2D eigenvalue weighted by atomic mass is 9.94. The first-order valence-corrected chi connectivity index (χ1v) is 9.31. The number of amides is 1. The van der Waals surface area contributed by atoms with Crippen LogP contribution in [0.25, 0.3) is 0 Å². The number of carbonyl (C=O) groups excluding carboxylic acids is 1. The molecule has 0 aliphatic carbocycles. The van der Waals surface area contributed by atoms with Gasteiger partial charge in [-0.05, 0) is 37.8 Å². The van der Waals surface area contributed by atoms with Crippen LogP contribution in [0.1, 0.15) is 36.8 Å². The third kappa shape index (κ3) is 4.08. The number of rotatable bonds is 4. The van der Waals surface area contributed by atoms with Crippen LogP contribution in [0.15, 0.2) is 24.3 Å². The largest absolute Gasteiger partial charge is 0.388 e. The molecule has 0 spiro atoms. The molecule has 1 saturated heterocycles. The molecule has 0 saturated carbocycles. The molecule has 1 amide bonds. The van der Waals surface area contributed by atoms with Crippen molar-refractivity contribution in [3.05, 3.63) is 35.4 Å². The van der Waals surface area contributed by atoms with Crippen molar-refractivity contribution in [1.29, 1.82) is 0 Å². The van der Waals surface area contributed by atoms with Gasteiger partial charge in [0.05, 0.1) is 23.0 Å². The van der Waals surface area contributed by atoms with Gasteiger partial charge in [0.1, 0.15) is 0 Å². The zero-order valence-electron chi connectivity index (χ0n) is 13.0. The molecule has 0 radical (unpaired) electrons. The molecular formula is C16H23NO4S. The van der Waals surface area contributed by atoms with Crippen molar-refractivity contribution in [2.75, 3.05) is 18.1 Å². The van der Waals surface area contributed by atoms with Crippen molar-refractivity contribution in [1.82, 2.24) is 5.32 Å². The van der Waals surface area contributed by atoms with E-state index in [0.717, 1.165) is 11.1 Å². The summed E-state index contributed by atoms with van der Waals surface area (Å²) in [5, 5.41) is 13.1. The van der Waals surface area contributed by atoms with Crippen LogP contribution in [-0.4, -0.2) is 43.1 Å². The van der Waals surface area contributed by atoms with Gasteiger partial charge in [-0.2, -0.15) is 0 Å². The number of aryl methyl sites for hydroxylation is 1. The Bertz CT molecular complexity index is 640. The molecule has 2 N–H and O–H groups in total. The third-order valence-corrected chi connectivity index (χ3v) is 6.05. The molecule has 22 heavy (non-hydrogen) atoms. The van der Waals surface area contributed by atoms with E-state index in [1.165, 1.54) is 0 Å². The highest BCUT2D eigenvalue weighted by atomic mass is 32.2. The van der Waals surface area contributed by atoms with Gasteiger partial charge in [0, 0.05) is 6.54 Å². The average molecular weight is 325 g/mol. The van der Waals surface area contributed by atoms with E-state index in [1.807, 2.05) is 38.1 Å². The predicted molar refractivity (Wildman–Crippen MR) is 85.4 cm³/mol. The maximum absolute atomic E-state index is 12.3. The van der Waals surface area contributed by atoms with Crippen LogP contribution >= 0.6 is 0 Å². The van der Waals surface area contributed by atoms with E-state index in [4.69, 9.17) is 0 Å². The monoisotopic (exact) mass is 325 g/mol. The van der Waals surface area contributed by atoms with Crippen LogP contribution in [-0.2, 0) is 14.6 Å². The van der Waals surface area contributed by atoms with E-state index < -0.39 is 15.4 Å². The van der Waals surface area contributed by atoms with Crippen molar-refractivity contribution >= 4 is 15.7 Å². The molecule has 2 rings (SSSR count). The summed E-state index contributed by atoms with van der Waals surface area (Å²) >= 11 is 0. The van der Waals surface area contributed by atoms with Gasteiger partial charge in [-0.15, -0.1) is 0 Å². The summed E-state index contributed by atoms with van der Waals surface area (Å²) < 4.78 is 22.8. The number of aliphatic hydroxyl groups is 1. The predicted octanol–water partition coefficient (Wildman–Crippen LogP) is 1.15. The summed E-state index contributed by atoms with van der Waals surface area (Å²) in [6.45, 7) is 3.88. The highest BCUT2D eigenvalue weighted by Gasteiger charge is 2.35. The average Bonchev–Trinajstić information content (AvgIpc) is 2.48. The second-order valence-corrected chi connectivity index (χ2v) is 8.48. The van der Waals surface area contributed by atoms with E-state index in [2.05, 4.69) is 5.32 Å². The van der Waals surface area contributed by atoms with Gasteiger partial charge in [0.2, 0.25) is 5.91 Å². The smallest absolute Gasteiger partial charge is 0.227 e. The van der Waals surface area contributed by atoms with Crippen molar-refractivity contribution in [3.8, 4) is 0 Å². The van der Waals surface area contributed by atoms with Crippen molar-refractivity contribution < 1.29 is 18.3 Å². The van der Waals surface area contributed by atoms with Crippen LogP contribution < -0.4 is 5.32 Å². The van der Waals surface area contributed by atoms with Crippen LogP contribution in [0.5, 0.6) is 0 Å². The Labute approximate surface area is 131 Å². The highest BCUT2D eigenvalue weighted by Crippen LogP contribution is 2.24. The Morgan fingerprint density at radius 3 is 2.50 bits per heavy atom. The highest BCUT2D eigenvalue weighted by molar-refractivity contribution is 7.91. The minimum absolute atomic E-state index is 0.0211. The van der Waals surface area contributed by atoms with Crippen molar-refractivity contribution in [2.24, 2.45) is 0 Å². The molecule has 6 heteroatoms. The second kappa shape index (κ2) is 6.38. The van der Waals surface area contributed by atoms with Gasteiger partial charge in [-0.3, -0.25) is 4.79 Å². The molecule has 1 aliphatic rings. The standard InChI is InChI=1S/C16H23NO4S/c1-12-5-3-4-6-14(12)13(2)15(18)17-11-16(19)7-9-22(20,21)10-8-16/h3-6,13,19H,7-11H2,1-2H3,(H,17,18)/t13-/m1/s1. The summed E-state index contributed by atoms with van der Waals surface area (Å²) in [6.07, 6.45) is 0.350. The summed E-state index contributed by atoms with van der Waals surface area (Å²) in [6, 6.07) is 7.69. The SMILES string of the molecule is Cc1ccccc1[C@@H](C)C(=O)NCC1(O)CCS(=O)(=O)CC1. The summed E-state index contributed by atoms with van der Waals surface area (Å²) in [5.41, 5.74) is 0.887. The van der Waals surface area contributed by atoms with E-state index in [1.54, 1.807) is 0 Å². The number of nitrogens with one attached hydrogen (secondary N) is 1. The van der Waals surface area contributed by atoms with E-state index >= 15 is 0 Å². The minimum Gasteiger partial charge on any atom is -0.388 e. The van der Waals surface area contributed by atoms with Crippen LogP contribution in [0.2, 0.25) is 0 Å². The Balaban J connectivity index is 1.94. The maximum atomic E-state index is 12.3. The zero-order chi connectivity index (χ0) is 16.4. The van der Waals surface area contributed by atoms with Gasteiger partial charge in [-0.1, -0.05) is 24.3 Å². The molecule has 0 unspecified atom stereocenters. The molecule has 1 fully saturated rings. The lowest BCUT2D eigenvalue weighted by Gasteiger charge is -2.32. The van der Waals surface area contributed by atoms with Crippen molar-refractivity contribution in [2.45, 2.75) is 38.2 Å². The molecule has 122 valence electrons. The lowest BCUT2D eigenvalue weighted by Crippen LogP contribution is -2.48. The van der Waals surface area contributed by atoms with Crippen LogP contribution in [0.4, 0.5) is 0 Å². The van der Waals surface area contributed by atoms with E-state index in [9.17, 15) is 18.3 Å². The first-order chi connectivity index (χ1) is 10.2. The number of benzene rings is 1. The molecule has 1 aliphatic heterocycles. The van der Waals surface area contributed by atoms with Crippen molar-refractivity contribution in [3.63, 3.8) is 0 Å². The fourth-order valence-electron chi connectivity index (χ4n) is 2.71. The van der Waals surface area contributed by atoms with Gasteiger partial charge < -0.3 is 10.4 Å². The Hall–Kier alpha value is -1.40. The zero-order valence-corrected chi connectivity index (χ0v) is 13.8. The van der Waals surface area contributed by atoms with Gasteiger partial charge >= 0.3 is 0 Å². The first-order valence-electron chi connectivity index (χ1n) is 7.48. The van der Waals surface area contributed by atoms with Gasteiger partial charge in [0.25, 0.3) is 0 Å². The maximum Gasteiger partial charge on any atom is 0.227 e. The fraction of sp³-hybridized carbons (Fsp3) is 0.562. The Morgan fingerprint density at radius 1 is 1.32 bits per heavy atom. The quantitative estimate of drug-likeness (QED) is 0.870. The molecule has 1 aromatic rings.